The second-order valence-corrected chi connectivity index (χ2v) is 6.98. The summed E-state index contributed by atoms with van der Waals surface area (Å²) < 4.78 is 0. The molecule has 1 saturated heterocycles. The Morgan fingerprint density at radius 2 is 1.79 bits per heavy atom. The minimum atomic E-state index is 0.571. The average Bonchev–Trinajstić information content (AvgIpc) is 2.19. The third kappa shape index (κ3) is 1.71. The summed E-state index contributed by atoms with van der Waals surface area (Å²) in [5, 5.41) is 0. The van der Waals surface area contributed by atoms with E-state index < -0.39 is 0 Å². The van der Waals surface area contributed by atoms with Crippen LogP contribution in [0.2, 0.25) is 0 Å². The SMILES string of the molecule is CC(C)N1C[C@]2(C)C[C@H]1CC(C)(C)C2. The highest BCUT2D eigenvalue weighted by Crippen LogP contribution is 2.52. The van der Waals surface area contributed by atoms with Crippen LogP contribution in [0.25, 0.3) is 0 Å². The van der Waals surface area contributed by atoms with Crippen molar-refractivity contribution in [2.24, 2.45) is 10.8 Å². The van der Waals surface area contributed by atoms with Gasteiger partial charge in [-0.1, -0.05) is 20.8 Å². The van der Waals surface area contributed by atoms with Crippen molar-refractivity contribution in [1.29, 1.82) is 0 Å². The fourth-order valence-electron chi connectivity index (χ4n) is 4.11. The Balaban J connectivity index is 2.19. The quantitative estimate of drug-likeness (QED) is 0.620. The highest BCUT2D eigenvalue weighted by Gasteiger charge is 2.49. The average molecular weight is 195 g/mol. The maximum absolute atomic E-state index is 2.73. The lowest BCUT2D eigenvalue weighted by molar-refractivity contribution is 0.122. The number of hydrogen-bond acceptors (Lipinski definition) is 1. The first-order valence-corrected chi connectivity index (χ1v) is 6.07. The molecule has 0 aromatic rings. The first-order chi connectivity index (χ1) is 6.31. The molecule has 14 heavy (non-hydrogen) atoms. The van der Waals surface area contributed by atoms with E-state index in [9.17, 15) is 0 Å². The van der Waals surface area contributed by atoms with Gasteiger partial charge in [-0.2, -0.15) is 0 Å². The Morgan fingerprint density at radius 1 is 1.14 bits per heavy atom. The lowest BCUT2D eigenvalue weighted by Gasteiger charge is -2.40. The van der Waals surface area contributed by atoms with Gasteiger partial charge in [0, 0.05) is 18.6 Å². The molecule has 0 spiro atoms. The van der Waals surface area contributed by atoms with E-state index in [0.29, 0.717) is 10.8 Å². The van der Waals surface area contributed by atoms with Crippen molar-refractivity contribution in [3.05, 3.63) is 0 Å². The van der Waals surface area contributed by atoms with Crippen LogP contribution in [0.3, 0.4) is 0 Å². The van der Waals surface area contributed by atoms with Gasteiger partial charge in [-0.25, -0.2) is 0 Å². The molecule has 2 fully saturated rings. The lowest BCUT2D eigenvalue weighted by Crippen LogP contribution is -2.37. The zero-order valence-corrected chi connectivity index (χ0v) is 10.4. The number of fused-ring (bicyclic) bond motifs is 2. The van der Waals surface area contributed by atoms with Crippen LogP contribution in [0, 0.1) is 10.8 Å². The van der Waals surface area contributed by atoms with E-state index in [0.717, 1.165) is 12.1 Å². The van der Waals surface area contributed by atoms with Gasteiger partial charge in [0.25, 0.3) is 0 Å². The Bertz CT molecular complexity index is 231. The van der Waals surface area contributed by atoms with E-state index in [1.165, 1.54) is 25.8 Å². The molecule has 0 aromatic heterocycles. The number of hydrogen-bond donors (Lipinski definition) is 0. The molecule has 2 bridgehead atoms. The number of nitrogens with zero attached hydrogens (tertiary/aromatic N) is 1. The Hall–Kier alpha value is -0.0400. The highest BCUT2D eigenvalue weighted by atomic mass is 15.2. The largest absolute Gasteiger partial charge is 0.297 e. The summed E-state index contributed by atoms with van der Waals surface area (Å²) in [7, 11) is 0. The summed E-state index contributed by atoms with van der Waals surface area (Å²) in [5.41, 5.74) is 1.18. The Morgan fingerprint density at radius 3 is 2.36 bits per heavy atom. The fraction of sp³-hybridized carbons (Fsp3) is 1.00. The van der Waals surface area contributed by atoms with Crippen molar-refractivity contribution in [1.82, 2.24) is 4.90 Å². The molecular formula is C13H25N. The second-order valence-electron chi connectivity index (χ2n) is 6.98. The van der Waals surface area contributed by atoms with E-state index in [-0.39, 0.29) is 0 Å². The predicted octanol–water partition coefficient (Wildman–Crippen LogP) is 3.30. The summed E-state index contributed by atoms with van der Waals surface area (Å²) in [6.45, 7) is 13.4. The molecule has 1 aliphatic carbocycles. The molecule has 82 valence electrons. The van der Waals surface area contributed by atoms with E-state index >= 15 is 0 Å². The van der Waals surface area contributed by atoms with Crippen LogP contribution >= 0.6 is 0 Å². The van der Waals surface area contributed by atoms with Crippen LogP contribution in [-0.2, 0) is 0 Å². The van der Waals surface area contributed by atoms with E-state index in [1.54, 1.807) is 0 Å². The Labute approximate surface area is 88.9 Å². The predicted molar refractivity (Wildman–Crippen MR) is 61.4 cm³/mol. The molecule has 2 atom stereocenters. The minimum Gasteiger partial charge on any atom is -0.297 e. The van der Waals surface area contributed by atoms with Gasteiger partial charge in [-0.3, -0.25) is 4.90 Å². The molecule has 1 saturated carbocycles. The van der Waals surface area contributed by atoms with E-state index in [1.807, 2.05) is 0 Å². The van der Waals surface area contributed by atoms with Gasteiger partial charge in [0.1, 0.15) is 0 Å². The van der Waals surface area contributed by atoms with E-state index in [2.05, 4.69) is 39.5 Å². The van der Waals surface area contributed by atoms with Gasteiger partial charge in [0.2, 0.25) is 0 Å². The molecular weight excluding hydrogens is 170 g/mol. The molecule has 1 nitrogen and oxygen atoms in total. The molecule has 0 N–H and O–H groups in total. The van der Waals surface area contributed by atoms with Crippen LogP contribution in [0.5, 0.6) is 0 Å². The van der Waals surface area contributed by atoms with E-state index in [4.69, 9.17) is 0 Å². The first-order valence-electron chi connectivity index (χ1n) is 6.07. The summed E-state index contributed by atoms with van der Waals surface area (Å²) in [6, 6.07) is 1.60. The van der Waals surface area contributed by atoms with Gasteiger partial charge in [0.05, 0.1) is 0 Å². The van der Waals surface area contributed by atoms with Crippen LogP contribution in [0.15, 0.2) is 0 Å². The first kappa shape index (κ1) is 10.5. The molecule has 2 rings (SSSR count). The summed E-state index contributed by atoms with van der Waals surface area (Å²) in [6.07, 6.45) is 4.26. The molecule has 1 heterocycles. The van der Waals surface area contributed by atoms with Crippen molar-refractivity contribution in [3.8, 4) is 0 Å². The molecule has 1 aliphatic heterocycles. The highest BCUT2D eigenvalue weighted by molar-refractivity contribution is 5.03. The van der Waals surface area contributed by atoms with Crippen LogP contribution in [-0.4, -0.2) is 23.5 Å². The van der Waals surface area contributed by atoms with Crippen molar-refractivity contribution < 1.29 is 0 Å². The normalized spacial score (nSPS) is 42.0. The van der Waals surface area contributed by atoms with Crippen LogP contribution < -0.4 is 0 Å². The van der Waals surface area contributed by atoms with Gasteiger partial charge in [-0.05, 0) is 43.9 Å². The van der Waals surface area contributed by atoms with Gasteiger partial charge >= 0.3 is 0 Å². The maximum Gasteiger partial charge on any atom is 0.0109 e. The topological polar surface area (TPSA) is 3.24 Å². The lowest BCUT2D eigenvalue weighted by atomic mass is 9.65. The monoisotopic (exact) mass is 195 g/mol. The van der Waals surface area contributed by atoms with Gasteiger partial charge in [-0.15, -0.1) is 0 Å². The number of likely N-dealkylation sites (tertiary alicyclic amines) is 1. The molecule has 1 heteroatoms. The third-order valence-electron chi connectivity index (χ3n) is 4.12. The standard InChI is InChI=1S/C13H25N/c1-10(2)14-9-13(5)7-11(14)6-12(3,4)8-13/h10-11H,6-9H2,1-5H3/t11-,13-/m1/s1. The van der Waals surface area contributed by atoms with Gasteiger partial charge in [0.15, 0.2) is 0 Å². The summed E-state index contributed by atoms with van der Waals surface area (Å²) in [4.78, 5) is 2.73. The Kier molecular flexibility index (Phi) is 2.23. The van der Waals surface area contributed by atoms with Crippen molar-refractivity contribution in [3.63, 3.8) is 0 Å². The second kappa shape index (κ2) is 2.98. The smallest absolute Gasteiger partial charge is 0.0109 e. The van der Waals surface area contributed by atoms with Crippen molar-refractivity contribution in [2.45, 2.75) is 66.0 Å². The van der Waals surface area contributed by atoms with Crippen molar-refractivity contribution in [2.75, 3.05) is 6.54 Å². The molecule has 2 aliphatic rings. The fourth-order valence-corrected chi connectivity index (χ4v) is 4.11. The molecule has 0 amide bonds. The zero-order chi connectivity index (χ0) is 10.6. The molecule has 0 radical (unpaired) electrons. The number of rotatable bonds is 1. The van der Waals surface area contributed by atoms with Gasteiger partial charge < -0.3 is 0 Å². The third-order valence-corrected chi connectivity index (χ3v) is 4.12. The molecule has 0 aromatic carbocycles. The molecule has 0 unspecified atom stereocenters. The summed E-state index contributed by atoms with van der Waals surface area (Å²) >= 11 is 0. The summed E-state index contributed by atoms with van der Waals surface area (Å²) in [5.74, 6) is 0. The van der Waals surface area contributed by atoms with Crippen LogP contribution in [0.1, 0.15) is 53.9 Å². The minimum absolute atomic E-state index is 0.571. The van der Waals surface area contributed by atoms with Crippen molar-refractivity contribution >= 4 is 0 Å². The maximum atomic E-state index is 2.73. The zero-order valence-electron chi connectivity index (χ0n) is 10.4. The van der Waals surface area contributed by atoms with Crippen LogP contribution in [0.4, 0.5) is 0 Å².